The van der Waals surface area contributed by atoms with E-state index in [1.54, 1.807) is 7.11 Å². The van der Waals surface area contributed by atoms with Crippen LogP contribution in [0.15, 0.2) is 27.7 Å². The molecule has 0 aliphatic heterocycles. The number of methoxy groups -OCH3 is 1. The summed E-state index contributed by atoms with van der Waals surface area (Å²) in [4.78, 5) is 4.72. The molecule has 1 aliphatic rings. The fourth-order valence-corrected chi connectivity index (χ4v) is 4.16. The van der Waals surface area contributed by atoms with Crippen LogP contribution in [0.2, 0.25) is 0 Å². The Morgan fingerprint density at radius 1 is 1.43 bits per heavy atom. The molecule has 1 aromatic carbocycles. The number of hydrogen-bond donors (Lipinski definition) is 2. The van der Waals surface area contributed by atoms with Crippen LogP contribution in [0.1, 0.15) is 31.7 Å². The molecule has 1 aromatic rings. The van der Waals surface area contributed by atoms with Crippen LogP contribution in [-0.2, 0) is 6.54 Å². The maximum atomic E-state index is 5.26. The van der Waals surface area contributed by atoms with Crippen molar-refractivity contribution in [1.29, 1.82) is 0 Å². The Hall–Kier alpha value is -0.880. The average Bonchev–Trinajstić information content (AvgIpc) is 3.00. The van der Waals surface area contributed by atoms with E-state index in [1.807, 2.05) is 17.8 Å². The van der Waals surface area contributed by atoms with E-state index in [0.29, 0.717) is 12.6 Å². The maximum absolute atomic E-state index is 5.26. The molecule has 128 valence electrons. The van der Waals surface area contributed by atoms with Gasteiger partial charge in [-0.1, -0.05) is 6.07 Å². The van der Waals surface area contributed by atoms with Crippen molar-refractivity contribution in [3.05, 3.63) is 28.2 Å². The topological polar surface area (TPSA) is 45.7 Å². The van der Waals surface area contributed by atoms with Gasteiger partial charge in [-0.05, 0) is 66.1 Å². The highest BCUT2D eigenvalue weighted by Gasteiger charge is 2.24. The summed E-state index contributed by atoms with van der Waals surface area (Å²) in [5, 5.41) is 7.71. The first-order valence-corrected chi connectivity index (χ1v) is 10.1. The molecular formula is C17H26BrN3OS. The first-order chi connectivity index (χ1) is 11.2. The molecule has 4 nitrogen and oxygen atoms in total. The molecule has 0 heterocycles. The maximum Gasteiger partial charge on any atom is 0.191 e. The van der Waals surface area contributed by atoms with Crippen molar-refractivity contribution in [1.82, 2.24) is 10.6 Å². The normalized spacial score (nSPS) is 21.3. The van der Waals surface area contributed by atoms with Crippen LogP contribution < -0.4 is 15.4 Å². The molecule has 2 N–H and O–H groups in total. The van der Waals surface area contributed by atoms with Gasteiger partial charge in [-0.25, -0.2) is 4.99 Å². The third kappa shape index (κ3) is 5.60. The van der Waals surface area contributed by atoms with Gasteiger partial charge in [-0.3, -0.25) is 0 Å². The van der Waals surface area contributed by atoms with Crippen LogP contribution in [0.25, 0.3) is 0 Å². The predicted octanol–water partition coefficient (Wildman–Crippen LogP) is 3.80. The van der Waals surface area contributed by atoms with Crippen molar-refractivity contribution in [3.63, 3.8) is 0 Å². The van der Waals surface area contributed by atoms with Gasteiger partial charge in [0, 0.05) is 17.8 Å². The molecule has 1 aliphatic carbocycles. The number of nitrogens with zero attached hydrogens (tertiary/aromatic N) is 1. The standard InChI is InChI=1S/C17H26BrN3OS/c1-4-19-17(21-13-6-7-14(10-13)23-3)20-11-12-5-8-16(22-2)15(18)9-12/h5,8-9,13-14H,4,6-7,10-11H2,1-3H3,(H2,19,20,21). The van der Waals surface area contributed by atoms with Crippen LogP contribution in [0.3, 0.4) is 0 Å². The fourth-order valence-electron chi connectivity index (χ4n) is 2.78. The Kier molecular flexibility index (Phi) is 7.56. The van der Waals surface area contributed by atoms with Gasteiger partial charge >= 0.3 is 0 Å². The van der Waals surface area contributed by atoms with Crippen LogP contribution in [0.5, 0.6) is 5.75 Å². The second kappa shape index (κ2) is 9.42. The number of halogens is 1. The molecule has 1 saturated carbocycles. The molecule has 2 unspecified atom stereocenters. The number of benzene rings is 1. The largest absolute Gasteiger partial charge is 0.496 e. The number of hydrogen-bond acceptors (Lipinski definition) is 3. The van der Waals surface area contributed by atoms with E-state index in [9.17, 15) is 0 Å². The molecule has 1 fully saturated rings. The number of aliphatic imine (C=N–C) groups is 1. The minimum absolute atomic E-state index is 0.535. The summed E-state index contributed by atoms with van der Waals surface area (Å²) in [5.41, 5.74) is 1.16. The second-order valence-corrected chi connectivity index (χ2v) is 7.67. The molecule has 0 radical (unpaired) electrons. The third-order valence-electron chi connectivity index (χ3n) is 4.04. The second-order valence-electron chi connectivity index (χ2n) is 5.68. The minimum Gasteiger partial charge on any atom is -0.496 e. The zero-order valence-corrected chi connectivity index (χ0v) is 16.5. The molecule has 0 spiro atoms. The average molecular weight is 400 g/mol. The van der Waals surface area contributed by atoms with E-state index in [1.165, 1.54) is 19.3 Å². The SMILES string of the molecule is CCNC(=NCc1ccc(OC)c(Br)c1)NC1CCC(SC)C1. The predicted molar refractivity (Wildman–Crippen MR) is 104 cm³/mol. The van der Waals surface area contributed by atoms with Gasteiger partial charge in [-0.15, -0.1) is 0 Å². The van der Waals surface area contributed by atoms with Gasteiger partial charge in [0.05, 0.1) is 18.1 Å². The van der Waals surface area contributed by atoms with Crippen LogP contribution in [0.4, 0.5) is 0 Å². The van der Waals surface area contributed by atoms with Gasteiger partial charge < -0.3 is 15.4 Å². The molecule has 0 saturated heterocycles. The highest BCUT2D eigenvalue weighted by Crippen LogP contribution is 2.28. The summed E-state index contributed by atoms with van der Waals surface area (Å²) < 4.78 is 6.23. The highest BCUT2D eigenvalue weighted by atomic mass is 79.9. The lowest BCUT2D eigenvalue weighted by Crippen LogP contribution is -2.42. The number of guanidine groups is 1. The first-order valence-electron chi connectivity index (χ1n) is 8.06. The molecule has 2 atom stereocenters. The van der Waals surface area contributed by atoms with Crippen molar-refractivity contribution >= 4 is 33.7 Å². The monoisotopic (exact) mass is 399 g/mol. The summed E-state index contributed by atoms with van der Waals surface area (Å²) in [5.74, 6) is 1.75. The van der Waals surface area contributed by atoms with Crippen molar-refractivity contribution in [3.8, 4) is 5.75 Å². The van der Waals surface area contributed by atoms with Gasteiger partial charge in [0.25, 0.3) is 0 Å². The van der Waals surface area contributed by atoms with Crippen LogP contribution >= 0.6 is 27.7 Å². The Balaban J connectivity index is 1.97. The zero-order valence-electron chi connectivity index (χ0n) is 14.1. The third-order valence-corrected chi connectivity index (χ3v) is 5.75. The zero-order chi connectivity index (χ0) is 16.7. The molecular weight excluding hydrogens is 374 g/mol. The van der Waals surface area contributed by atoms with Gasteiger partial charge in [-0.2, -0.15) is 11.8 Å². The Morgan fingerprint density at radius 2 is 2.26 bits per heavy atom. The lowest BCUT2D eigenvalue weighted by molar-refractivity contribution is 0.412. The van der Waals surface area contributed by atoms with E-state index in [2.05, 4.69) is 51.9 Å². The lowest BCUT2D eigenvalue weighted by atomic mass is 10.2. The highest BCUT2D eigenvalue weighted by molar-refractivity contribution is 9.10. The number of nitrogens with one attached hydrogen (secondary N) is 2. The first kappa shape index (κ1) is 18.5. The lowest BCUT2D eigenvalue weighted by Gasteiger charge is -2.17. The summed E-state index contributed by atoms with van der Waals surface area (Å²) in [6.45, 7) is 3.62. The molecule has 23 heavy (non-hydrogen) atoms. The van der Waals surface area contributed by atoms with E-state index in [0.717, 1.165) is 33.5 Å². The minimum atomic E-state index is 0.535. The number of rotatable bonds is 6. The molecule has 2 rings (SSSR count). The Labute approximate surface area is 152 Å². The Morgan fingerprint density at radius 3 is 2.87 bits per heavy atom. The molecule has 0 bridgehead atoms. The van der Waals surface area contributed by atoms with Gasteiger partial charge in [0.1, 0.15) is 5.75 Å². The van der Waals surface area contributed by atoms with Gasteiger partial charge in [0.2, 0.25) is 0 Å². The van der Waals surface area contributed by atoms with Crippen LogP contribution in [-0.4, -0.2) is 37.2 Å². The Bertz CT molecular complexity index is 539. The number of ether oxygens (including phenoxy) is 1. The van der Waals surface area contributed by atoms with E-state index in [4.69, 9.17) is 9.73 Å². The van der Waals surface area contributed by atoms with E-state index >= 15 is 0 Å². The molecule has 6 heteroatoms. The van der Waals surface area contributed by atoms with Crippen LogP contribution in [0, 0.1) is 0 Å². The smallest absolute Gasteiger partial charge is 0.191 e. The quantitative estimate of drug-likeness (QED) is 0.563. The summed E-state index contributed by atoms with van der Waals surface area (Å²) in [7, 11) is 1.68. The van der Waals surface area contributed by atoms with Crippen molar-refractivity contribution in [2.45, 2.75) is 44.0 Å². The van der Waals surface area contributed by atoms with E-state index in [-0.39, 0.29) is 0 Å². The molecule has 0 amide bonds. The molecule has 0 aromatic heterocycles. The summed E-state index contributed by atoms with van der Waals surface area (Å²) in [6.07, 6.45) is 5.95. The summed E-state index contributed by atoms with van der Waals surface area (Å²) in [6, 6.07) is 6.61. The van der Waals surface area contributed by atoms with Crippen molar-refractivity contribution < 1.29 is 4.74 Å². The fraction of sp³-hybridized carbons (Fsp3) is 0.588. The summed E-state index contributed by atoms with van der Waals surface area (Å²) >= 11 is 5.50. The van der Waals surface area contributed by atoms with Crippen molar-refractivity contribution in [2.24, 2.45) is 4.99 Å². The number of thioether (sulfide) groups is 1. The van der Waals surface area contributed by atoms with Gasteiger partial charge in [0.15, 0.2) is 5.96 Å². The van der Waals surface area contributed by atoms with Crippen molar-refractivity contribution in [2.75, 3.05) is 19.9 Å². The van der Waals surface area contributed by atoms with E-state index < -0.39 is 0 Å².